The summed E-state index contributed by atoms with van der Waals surface area (Å²) >= 11 is 0. The molecule has 0 spiro atoms. The number of aryl methyl sites for hydroxylation is 2. The van der Waals surface area contributed by atoms with Crippen LogP contribution in [0.25, 0.3) is 0 Å². The summed E-state index contributed by atoms with van der Waals surface area (Å²) < 4.78 is 0. The van der Waals surface area contributed by atoms with Crippen LogP contribution in [0.5, 0.6) is 0 Å². The van der Waals surface area contributed by atoms with Crippen LogP contribution in [0.4, 0.5) is 11.4 Å². The van der Waals surface area contributed by atoms with E-state index in [-0.39, 0.29) is 12.5 Å². The van der Waals surface area contributed by atoms with Crippen LogP contribution in [0, 0.1) is 25.2 Å². The van der Waals surface area contributed by atoms with E-state index in [1.165, 1.54) is 0 Å². The minimum Gasteiger partial charge on any atom is -0.376 e. The zero-order valence-electron chi connectivity index (χ0n) is 12.8. The second kappa shape index (κ2) is 7.28. The molecule has 0 saturated carbocycles. The molecule has 2 N–H and O–H groups in total. The fourth-order valence-corrected chi connectivity index (χ4v) is 2.26. The summed E-state index contributed by atoms with van der Waals surface area (Å²) in [6.07, 6.45) is 0.377. The number of hydrogen-bond donors (Lipinski definition) is 2. The first-order valence-electron chi connectivity index (χ1n) is 7.16. The van der Waals surface area contributed by atoms with E-state index in [0.717, 1.165) is 28.1 Å². The van der Waals surface area contributed by atoms with Crippen LogP contribution >= 0.6 is 0 Å². The molecule has 2 rings (SSSR count). The Morgan fingerprint density at radius 1 is 1.09 bits per heavy atom. The fourth-order valence-electron chi connectivity index (χ4n) is 2.26. The van der Waals surface area contributed by atoms with Crippen molar-refractivity contribution < 1.29 is 4.79 Å². The van der Waals surface area contributed by atoms with Gasteiger partial charge in [0.1, 0.15) is 0 Å². The molecule has 4 heteroatoms. The van der Waals surface area contributed by atoms with Gasteiger partial charge >= 0.3 is 0 Å². The van der Waals surface area contributed by atoms with Crippen LogP contribution in [0.3, 0.4) is 0 Å². The number of carbonyl (C=O) groups is 1. The zero-order valence-corrected chi connectivity index (χ0v) is 12.8. The summed E-state index contributed by atoms with van der Waals surface area (Å²) in [4.78, 5) is 12.0. The van der Waals surface area contributed by atoms with Crippen LogP contribution in [0.1, 0.15) is 16.7 Å². The molecule has 0 aromatic heterocycles. The Labute approximate surface area is 130 Å². The standard InChI is InChI=1S/C18H19N3O/c1-13-4-3-5-14(2)18(13)20-12-17(22)21-16-8-6-15(7-9-16)10-11-19/h3-9,20H,10,12H2,1-2H3,(H,21,22). The van der Waals surface area contributed by atoms with E-state index in [2.05, 4.69) is 16.7 Å². The lowest BCUT2D eigenvalue weighted by atomic mass is 10.1. The Bertz CT molecular complexity index is 679. The van der Waals surface area contributed by atoms with E-state index in [9.17, 15) is 4.79 Å². The Kier molecular flexibility index (Phi) is 5.16. The highest BCUT2D eigenvalue weighted by molar-refractivity contribution is 5.93. The number of anilines is 2. The van der Waals surface area contributed by atoms with Crippen LogP contribution in [0.15, 0.2) is 42.5 Å². The lowest BCUT2D eigenvalue weighted by Gasteiger charge is -2.12. The molecule has 0 saturated heterocycles. The van der Waals surface area contributed by atoms with Crippen molar-refractivity contribution in [1.29, 1.82) is 5.26 Å². The first-order valence-corrected chi connectivity index (χ1v) is 7.16. The molecular formula is C18H19N3O. The molecule has 112 valence electrons. The topological polar surface area (TPSA) is 64.9 Å². The van der Waals surface area contributed by atoms with E-state index in [1.54, 1.807) is 0 Å². The molecule has 2 aromatic rings. The number of para-hydroxylation sites is 1. The van der Waals surface area contributed by atoms with Gasteiger partial charge in [-0.05, 0) is 42.7 Å². The van der Waals surface area contributed by atoms with E-state index in [0.29, 0.717) is 6.42 Å². The van der Waals surface area contributed by atoms with Gasteiger partial charge < -0.3 is 10.6 Å². The zero-order chi connectivity index (χ0) is 15.9. The Morgan fingerprint density at radius 2 is 1.73 bits per heavy atom. The van der Waals surface area contributed by atoms with Gasteiger partial charge in [-0.3, -0.25) is 4.79 Å². The number of nitriles is 1. The molecule has 22 heavy (non-hydrogen) atoms. The third-order valence-corrected chi connectivity index (χ3v) is 3.43. The molecule has 1 amide bonds. The highest BCUT2D eigenvalue weighted by Crippen LogP contribution is 2.19. The van der Waals surface area contributed by atoms with E-state index < -0.39 is 0 Å². The van der Waals surface area contributed by atoms with Gasteiger partial charge in [0.25, 0.3) is 0 Å². The van der Waals surface area contributed by atoms with Gasteiger partial charge in [0.2, 0.25) is 5.91 Å². The molecule has 0 aliphatic rings. The quantitative estimate of drug-likeness (QED) is 0.887. The smallest absolute Gasteiger partial charge is 0.243 e. The maximum atomic E-state index is 12.0. The van der Waals surface area contributed by atoms with E-state index in [1.807, 2.05) is 56.3 Å². The van der Waals surface area contributed by atoms with Gasteiger partial charge in [-0.2, -0.15) is 5.26 Å². The van der Waals surface area contributed by atoms with Crippen LogP contribution in [-0.2, 0) is 11.2 Å². The molecule has 0 aliphatic carbocycles. The number of amides is 1. The largest absolute Gasteiger partial charge is 0.376 e. The lowest BCUT2D eigenvalue weighted by Crippen LogP contribution is -2.22. The second-order valence-electron chi connectivity index (χ2n) is 5.20. The van der Waals surface area contributed by atoms with Crippen molar-refractivity contribution in [1.82, 2.24) is 0 Å². The summed E-state index contributed by atoms with van der Waals surface area (Å²) in [5.41, 5.74) is 4.91. The molecule has 0 fully saturated rings. The predicted octanol–water partition coefficient (Wildman–Crippen LogP) is 3.42. The van der Waals surface area contributed by atoms with E-state index >= 15 is 0 Å². The van der Waals surface area contributed by atoms with Crippen molar-refractivity contribution in [3.05, 3.63) is 59.2 Å². The highest BCUT2D eigenvalue weighted by atomic mass is 16.1. The minimum absolute atomic E-state index is 0.101. The summed E-state index contributed by atoms with van der Waals surface area (Å²) in [5, 5.41) is 14.6. The van der Waals surface area contributed by atoms with Gasteiger partial charge in [-0.1, -0.05) is 30.3 Å². The second-order valence-corrected chi connectivity index (χ2v) is 5.20. The van der Waals surface area contributed by atoms with Crippen LogP contribution < -0.4 is 10.6 Å². The van der Waals surface area contributed by atoms with Crippen molar-refractivity contribution in [2.24, 2.45) is 0 Å². The summed E-state index contributed by atoms with van der Waals surface area (Å²) in [6, 6.07) is 15.4. The van der Waals surface area contributed by atoms with Gasteiger partial charge in [-0.25, -0.2) is 0 Å². The number of carbonyl (C=O) groups excluding carboxylic acids is 1. The van der Waals surface area contributed by atoms with Gasteiger partial charge in [0.15, 0.2) is 0 Å². The Hall–Kier alpha value is -2.80. The SMILES string of the molecule is Cc1cccc(C)c1NCC(=O)Nc1ccc(CC#N)cc1. The minimum atomic E-state index is -0.101. The van der Waals surface area contributed by atoms with Crippen molar-refractivity contribution in [3.63, 3.8) is 0 Å². The van der Waals surface area contributed by atoms with Crippen molar-refractivity contribution in [2.75, 3.05) is 17.2 Å². The van der Waals surface area contributed by atoms with Crippen molar-refractivity contribution in [2.45, 2.75) is 20.3 Å². The molecule has 0 atom stereocenters. The fraction of sp³-hybridized carbons (Fsp3) is 0.222. The molecule has 2 aromatic carbocycles. The molecule has 0 aliphatic heterocycles. The molecule has 0 heterocycles. The molecule has 4 nitrogen and oxygen atoms in total. The molecule has 0 unspecified atom stereocenters. The third kappa shape index (κ3) is 4.10. The number of hydrogen-bond acceptors (Lipinski definition) is 3. The summed E-state index contributed by atoms with van der Waals surface area (Å²) in [7, 11) is 0. The summed E-state index contributed by atoms with van der Waals surface area (Å²) in [6.45, 7) is 4.24. The van der Waals surface area contributed by atoms with E-state index in [4.69, 9.17) is 5.26 Å². The molecule has 0 bridgehead atoms. The van der Waals surface area contributed by atoms with Gasteiger partial charge in [0.05, 0.1) is 19.0 Å². The first-order chi connectivity index (χ1) is 10.6. The number of nitrogens with one attached hydrogen (secondary N) is 2. The lowest BCUT2D eigenvalue weighted by molar-refractivity contribution is -0.114. The maximum Gasteiger partial charge on any atom is 0.243 e. The van der Waals surface area contributed by atoms with Gasteiger partial charge in [-0.15, -0.1) is 0 Å². The molecular weight excluding hydrogens is 274 g/mol. The predicted molar refractivity (Wildman–Crippen MR) is 88.8 cm³/mol. The normalized spacial score (nSPS) is 9.86. The average molecular weight is 293 g/mol. The van der Waals surface area contributed by atoms with Gasteiger partial charge in [0, 0.05) is 11.4 Å². The number of rotatable bonds is 5. The Morgan fingerprint density at radius 3 is 2.32 bits per heavy atom. The maximum absolute atomic E-state index is 12.0. The highest BCUT2D eigenvalue weighted by Gasteiger charge is 2.05. The third-order valence-electron chi connectivity index (χ3n) is 3.43. The van der Waals surface area contributed by atoms with Crippen molar-refractivity contribution in [3.8, 4) is 6.07 Å². The Balaban J connectivity index is 1.92. The first kappa shape index (κ1) is 15.6. The number of nitrogens with zero attached hydrogens (tertiary/aromatic N) is 1. The van der Waals surface area contributed by atoms with Crippen LogP contribution in [0.2, 0.25) is 0 Å². The number of benzene rings is 2. The molecule has 0 radical (unpaired) electrons. The summed E-state index contributed by atoms with van der Waals surface area (Å²) in [5.74, 6) is -0.101. The average Bonchev–Trinajstić information content (AvgIpc) is 2.49. The van der Waals surface area contributed by atoms with Crippen LogP contribution in [-0.4, -0.2) is 12.5 Å². The monoisotopic (exact) mass is 293 g/mol. The van der Waals surface area contributed by atoms with Crippen molar-refractivity contribution >= 4 is 17.3 Å².